The van der Waals surface area contributed by atoms with Crippen molar-refractivity contribution in [2.75, 3.05) is 14.2 Å². The van der Waals surface area contributed by atoms with Gasteiger partial charge in [0.15, 0.2) is 0 Å². The van der Waals surface area contributed by atoms with E-state index in [0.717, 1.165) is 11.1 Å². The van der Waals surface area contributed by atoms with Crippen molar-refractivity contribution in [2.45, 2.75) is 6.04 Å². The van der Waals surface area contributed by atoms with Gasteiger partial charge in [-0.1, -0.05) is 29.8 Å². The predicted molar refractivity (Wildman–Crippen MR) is 77.0 cm³/mol. The molecule has 100 valence electrons. The minimum atomic E-state index is -0.357. The smallest absolute Gasteiger partial charge is 0.127 e. The van der Waals surface area contributed by atoms with Gasteiger partial charge < -0.3 is 15.2 Å². The van der Waals surface area contributed by atoms with Crippen molar-refractivity contribution in [3.8, 4) is 11.5 Å². The van der Waals surface area contributed by atoms with E-state index in [1.807, 2.05) is 42.5 Å². The molecule has 0 aliphatic heterocycles. The van der Waals surface area contributed by atoms with Crippen LogP contribution in [-0.2, 0) is 0 Å². The summed E-state index contributed by atoms with van der Waals surface area (Å²) in [7, 11) is 3.23. The summed E-state index contributed by atoms with van der Waals surface area (Å²) in [6.07, 6.45) is 0. The zero-order valence-electron chi connectivity index (χ0n) is 10.9. The summed E-state index contributed by atoms with van der Waals surface area (Å²) in [6, 6.07) is 12.7. The van der Waals surface area contributed by atoms with Gasteiger partial charge in [0, 0.05) is 5.02 Å². The van der Waals surface area contributed by atoms with Crippen molar-refractivity contribution in [1.82, 2.24) is 0 Å². The Balaban J connectivity index is 2.51. The second-order valence-electron chi connectivity index (χ2n) is 4.11. The maximum Gasteiger partial charge on any atom is 0.127 e. The van der Waals surface area contributed by atoms with Gasteiger partial charge in [0.1, 0.15) is 11.5 Å². The second kappa shape index (κ2) is 5.95. The number of halogens is 1. The van der Waals surface area contributed by atoms with Gasteiger partial charge in [-0.2, -0.15) is 0 Å². The van der Waals surface area contributed by atoms with Gasteiger partial charge in [-0.25, -0.2) is 0 Å². The van der Waals surface area contributed by atoms with Crippen molar-refractivity contribution in [3.63, 3.8) is 0 Å². The molecule has 0 saturated heterocycles. The molecule has 2 rings (SSSR count). The standard InChI is InChI=1S/C15H16ClNO2/c1-18-12-7-4-8-13(19-2)14(12)15(17)10-5-3-6-11(16)9-10/h3-9,15H,17H2,1-2H3. The van der Waals surface area contributed by atoms with Crippen LogP contribution in [0.4, 0.5) is 0 Å². The fourth-order valence-electron chi connectivity index (χ4n) is 2.05. The van der Waals surface area contributed by atoms with Gasteiger partial charge in [-0.3, -0.25) is 0 Å². The molecule has 0 radical (unpaired) electrons. The highest BCUT2D eigenvalue weighted by Gasteiger charge is 2.19. The molecule has 0 aromatic heterocycles. The van der Waals surface area contributed by atoms with E-state index in [-0.39, 0.29) is 6.04 Å². The van der Waals surface area contributed by atoms with Crippen molar-refractivity contribution in [3.05, 3.63) is 58.6 Å². The molecule has 0 spiro atoms. The average Bonchev–Trinajstić information content (AvgIpc) is 2.45. The van der Waals surface area contributed by atoms with E-state index in [0.29, 0.717) is 16.5 Å². The van der Waals surface area contributed by atoms with Gasteiger partial charge in [0.05, 0.1) is 25.8 Å². The van der Waals surface area contributed by atoms with Gasteiger partial charge >= 0.3 is 0 Å². The summed E-state index contributed by atoms with van der Waals surface area (Å²) in [5, 5.41) is 0.654. The van der Waals surface area contributed by atoms with E-state index in [4.69, 9.17) is 26.8 Å². The second-order valence-corrected chi connectivity index (χ2v) is 4.55. The van der Waals surface area contributed by atoms with Crippen molar-refractivity contribution >= 4 is 11.6 Å². The number of hydrogen-bond acceptors (Lipinski definition) is 3. The Morgan fingerprint density at radius 1 is 1.00 bits per heavy atom. The Morgan fingerprint density at radius 2 is 1.58 bits per heavy atom. The summed E-state index contributed by atoms with van der Waals surface area (Å²) in [5.41, 5.74) is 8.05. The first-order valence-electron chi connectivity index (χ1n) is 5.89. The van der Waals surface area contributed by atoms with Gasteiger partial charge in [0.2, 0.25) is 0 Å². The van der Waals surface area contributed by atoms with E-state index in [1.54, 1.807) is 14.2 Å². The molecule has 2 aromatic carbocycles. The lowest BCUT2D eigenvalue weighted by Gasteiger charge is -2.19. The Bertz CT molecular complexity index is 550. The van der Waals surface area contributed by atoms with Crippen LogP contribution in [0.1, 0.15) is 17.2 Å². The normalized spacial score (nSPS) is 12.0. The highest BCUT2D eigenvalue weighted by atomic mass is 35.5. The molecular formula is C15H16ClNO2. The topological polar surface area (TPSA) is 44.5 Å². The minimum absolute atomic E-state index is 0.357. The number of rotatable bonds is 4. The molecule has 0 bridgehead atoms. The highest BCUT2D eigenvalue weighted by Crippen LogP contribution is 2.36. The Labute approximate surface area is 117 Å². The molecular weight excluding hydrogens is 262 g/mol. The molecule has 1 unspecified atom stereocenters. The minimum Gasteiger partial charge on any atom is -0.496 e. The SMILES string of the molecule is COc1cccc(OC)c1C(N)c1cccc(Cl)c1. The third-order valence-corrected chi connectivity index (χ3v) is 3.22. The highest BCUT2D eigenvalue weighted by molar-refractivity contribution is 6.30. The molecule has 0 saturated carbocycles. The largest absolute Gasteiger partial charge is 0.496 e. The van der Waals surface area contributed by atoms with E-state index in [9.17, 15) is 0 Å². The first kappa shape index (κ1) is 13.7. The molecule has 19 heavy (non-hydrogen) atoms. The quantitative estimate of drug-likeness (QED) is 0.931. The summed E-state index contributed by atoms with van der Waals surface area (Å²) in [6.45, 7) is 0. The zero-order chi connectivity index (χ0) is 13.8. The van der Waals surface area contributed by atoms with Crippen molar-refractivity contribution in [2.24, 2.45) is 5.73 Å². The molecule has 0 heterocycles. The van der Waals surface area contributed by atoms with E-state index >= 15 is 0 Å². The van der Waals surface area contributed by atoms with Crippen molar-refractivity contribution < 1.29 is 9.47 Å². The molecule has 0 aliphatic rings. The van der Waals surface area contributed by atoms with Crippen LogP contribution >= 0.6 is 11.6 Å². The summed E-state index contributed by atoms with van der Waals surface area (Å²) < 4.78 is 10.7. The Hall–Kier alpha value is -1.71. The first-order chi connectivity index (χ1) is 9.17. The van der Waals surface area contributed by atoms with Crippen LogP contribution in [0.3, 0.4) is 0 Å². The van der Waals surface area contributed by atoms with Gasteiger partial charge in [-0.15, -0.1) is 0 Å². The first-order valence-corrected chi connectivity index (χ1v) is 6.27. The number of ether oxygens (including phenoxy) is 2. The van der Waals surface area contributed by atoms with Gasteiger partial charge in [-0.05, 0) is 29.8 Å². The van der Waals surface area contributed by atoms with E-state index in [2.05, 4.69) is 0 Å². The molecule has 3 nitrogen and oxygen atoms in total. The monoisotopic (exact) mass is 277 g/mol. The summed E-state index contributed by atoms with van der Waals surface area (Å²) >= 11 is 6.01. The number of nitrogens with two attached hydrogens (primary N) is 1. The zero-order valence-corrected chi connectivity index (χ0v) is 11.6. The van der Waals surface area contributed by atoms with Crippen LogP contribution in [0.15, 0.2) is 42.5 Å². The molecule has 2 N–H and O–H groups in total. The Morgan fingerprint density at radius 3 is 2.11 bits per heavy atom. The molecule has 0 amide bonds. The fourth-order valence-corrected chi connectivity index (χ4v) is 2.25. The molecule has 2 aromatic rings. The van der Waals surface area contributed by atoms with Crippen LogP contribution in [0.25, 0.3) is 0 Å². The molecule has 4 heteroatoms. The van der Waals surface area contributed by atoms with Crippen LogP contribution in [-0.4, -0.2) is 14.2 Å². The van der Waals surface area contributed by atoms with E-state index < -0.39 is 0 Å². The van der Waals surface area contributed by atoms with Crippen LogP contribution < -0.4 is 15.2 Å². The van der Waals surface area contributed by atoms with Crippen LogP contribution in [0.2, 0.25) is 5.02 Å². The number of hydrogen-bond donors (Lipinski definition) is 1. The fraction of sp³-hybridized carbons (Fsp3) is 0.200. The van der Waals surface area contributed by atoms with Crippen LogP contribution in [0.5, 0.6) is 11.5 Å². The maximum atomic E-state index is 6.32. The predicted octanol–water partition coefficient (Wildman–Crippen LogP) is 3.41. The lowest BCUT2D eigenvalue weighted by molar-refractivity contribution is 0.382. The van der Waals surface area contributed by atoms with Crippen LogP contribution in [0, 0.1) is 0 Å². The van der Waals surface area contributed by atoms with Gasteiger partial charge in [0.25, 0.3) is 0 Å². The Kier molecular flexibility index (Phi) is 4.30. The molecule has 0 aliphatic carbocycles. The van der Waals surface area contributed by atoms with Crippen molar-refractivity contribution in [1.29, 1.82) is 0 Å². The third kappa shape index (κ3) is 2.83. The summed E-state index contributed by atoms with van der Waals surface area (Å²) in [5.74, 6) is 1.40. The lowest BCUT2D eigenvalue weighted by atomic mass is 9.98. The maximum absolute atomic E-state index is 6.32. The molecule has 0 fully saturated rings. The average molecular weight is 278 g/mol. The number of benzene rings is 2. The summed E-state index contributed by atoms with van der Waals surface area (Å²) in [4.78, 5) is 0. The number of methoxy groups -OCH3 is 2. The lowest BCUT2D eigenvalue weighted by Crippen LogP contribution is -2.14. The third-order valence-electron chi connectivity index (χ3n) is 2.98. The molecule has 1 atom stereocenters. The van der Waals surface area contributed by atoms with E-state index in [1.165, 1.54) is 0 Å².